The highest BCUT2D eigenvalue weighted by molar-refractivity contribution is 5.81. The minimum absolute atomic E-state index is 0.0901. The number of ether oxygens (including phenoxy) is 1. The Bertz CT molecular complexity index is 505. The number of morpholine rings is 1. The van der Waals surface area contributed by atoms with Gasteiger partial charge in [-0.15, -0.1) is 0 Å². The van der Waals surface area contributed by atoms with Crippen molar-refractivity contribution in [1.29, 1.82) is 5.26 Å². The van der Waals surface area contributed by atoms with Crippen LogP contribution in [0, 0.1) is 17.2 Å². The van der Waals surface area contributed by atoms with Crippen molar-refractivity contribution in [2.75, 3.05) is 19.7 Å². The van der Waals surface area contributed by atoms with Gasteiger partial charge in [0.2, 0.25) is 5.91 Å². The van der Waals surface area contributed by atoms with E-state index in [1.165, 1.54) is 0 Å². The Morgan fingerprint density at radius 3 is 2.75 bits per heavy atom. The first-order valence-corrected chi connectivity index (χ1v) is 6.88. The van der Waals surface area contributed by atoms with E-state index in [1.54, 1.807) is 4.90 Å². The fourth-order valence-corrected chi connectivity index (χ4v) is 2.46. The summed E-state index contributed by atoms with van der Waals surface area (Å²) in [7, 11) is 0. The first-order chi connectivity index (χ1) is 9.52. The lowest BCUT2D eigenvalue weighted by Crippen LogP contribution is -2.52. The summed E-state index contributed by atoms with van der Waals surface area (Å²) in [6.07, 6.45) is 0.466. The summed E-state index contributed by atoms with van der Waals surface area (Å²) in [6, 6.07) is 11.8. The summed E-state index contributed by atoms with van der Waals surface area (Å²) in [5, 5.41) is 9.29. The number of hydrogen-bond acceptors (Lipinski definition) is 3. The Morgan fingerprint density at radius 2 is 2.15 bits per heavy atom. The molecule has 1 aliphatic heterocycles. The van der Waals surface area contributed by atoms with Gasteiger partial charge >= 0.3 is 0 Å². The lowest BCUT2D eigenvalue weighted by Gasteiger charge is -2.38. The second-order valence-corrected chi connectivity index (χ2v) is 5.74. The third-order valence-corrected chi connectivity index (χ3v) is 3.47. The van der Waals surface area contributed by atoms with Gasteiger partial charge in [-0.1, -0.05) is 30.3 Å². The number of nitriles is 1. The number of carbonyl (C=O) groups is 1. The third-order valence-electron chi connectivity index (χ3n) is 3.47. The van der Waals surface area contributed by atoms with E-state index < -0.39 is 5.92 Å². The van der Waals surface area contributed by atoms with Gasteiger partial charge in [0.1, 0.15) is 5.92 Å². The maximum Gasteiger partial charge on any atom is 0.240 e. The Labute approximate surface area is 120 Å². The first-order valence-electron chi connectivity index (χ1n) is 6.88. The summed E-state index contributed by atoms with van der Waals surface area (Å²) in [5.41, 5.74) is 0.681. The first kappa shape index (κ1) is 14.5. The standard InChI is InChI=1S/C16H20N2O2/c1-16(2)12-18(8-9-20-16)15(19)14(11-17)10-13-6-4-3-5-7-13/h3-7,14H,8-10,12H2,1-2H3. The van der Waals surface area contributed by atoms with E-state index >= 15 is 0 Å². The van der Waals surface area contributed by atoms with Gasteiger partial charge in [-0.2, -0.15) is 5.26 Å². The van der Waals surface area contributed by atoms with Crippen LogP contribution in [-0.2, 0) is 16.0 Å². The lowest BCUT2D eigenvalue weighted by atomic mass is 9.98. The molecule has 0 N–H and O–H groups in total. The molecule has 0 spiro atoms. The van der Waals surface area contributed by atoms with Crippen molar-refractivity contribution < 1.29 is 9.53 Å². The molecule has 0 aromatic heterocycles. The van der Waals surface area contributed by atoms with E-state index in [0.29, 0.717) is 26.1 Å². The zero-order valence-electron chi connectivity index (χ0n) is 12.0. The molecule has 1 saturated heterocycles. The Balaban J connectivity index is 2.04. The molecule has 4 nitrogen and oxygen atoms in total. The van der Waals surface area contributed by atoms with Crippen LogP contribution >= 0.6 is 0 Å². The highest BCUT2D eigenvalue weighted by Crippen LogP contribution is 2.19. The van der Waals surface area contributed by atoms with Crippen LogP contribution in [0.15, 0.2) is 30.3 Å². The smallest absolute Gasteiger partial charge is 0.240 e. The van der Waals surface area contributed by atoms with Crippen LogP contribution in [0.3, 0.4) is 0 Å². The number of carbonyl (C=O) groups excluding carboxylic acids is 1. The van der Waals surface area contributed by atoms with Crippen LogP contribution in [-0.4, -0.2) is 36.1 Å². The molecule has 1 fully saturated rings. The van der Waals surface area contributed by atoms with Crippen LogP contribution < -0.4 is 0 Å². The van der Waals surface area contributed by atoms with E-state index in [2.05, 4.69) is 6.07 Å². The predicted octanol–water partition coefficient (Wildman–Crippen LogP) is 2.01. The van der Waals surface area contributed by atoms with Gasteiger partial charge in [-0.3, -0.25) is 4.79 Å². The van der Waals surface area contributed by atoms with Gasteiger partial charge in [0.05, 0.1) is 18.3 Å². The molecule has 20 heavy (non-hydrogen) atoms. The molecule has 1 atom stereocenters. The van der Waals surface area contributed by atoms with Crippen molar-refractivity contribution in [3.8, 4) is 6.07 Å². The maximum atomic E-state index is 12.5. The van der Waals surface area contributed by atoms with Gasteiger partial charge in [-0.25, -0.2) is 0 Å². The summed E-state index contributed by atoms with van der Waals surface area (Å²) in [6.45, 7) is 5.56. The molecule has 0 radical (unpaired) electrons. The molecular weight excluding hydrogens is 252 g/mol. The monoisotopic (exact) mass is 272 g/mol. The molecule has 4 heteroatoms. The summed E-state index contributed by atoms with van der Waals surface area (Å²) >= 11 is 0. The Hall–Kier alpha value is -1.86. The molecule has 0 aliphatic carbocycles. The van der Waals surface area contributed by atoms with E-state index in [-0.39, 0.29) is 11.5 Å². The fraction of sp³-hybridized carbons (Fsp3) is 0.500. The Kier molecular flexibility index (Phi) is 4.41. The molecule has 1 amide bonds. The molecule has 0 saturated carbocycles. The largest absolute Gasteiger partial charge is 0.372 e. The topological polar surface area (TPSA) is 53.3 Å². The second-order valence-electron chi connectivity index (χ2n) is 5.74. The second kappa shape index (κ2) is 6.06. The molecule has 1 aromatic carbocycles. The van der Waals surface area contributed by atoms with Crippen molar-refractivity contribution >= 4 is 5.91 Å². The van der Waals surface area contributed by atoms with Gasteiger partial charge in [0.15, 0.2) is 0 Å². The normalized spacial score (nSPS) is 19.1. The molecule has 1 heterocycles. The van der Waals surface area contributed by atoms with Crippen LogP contribution in [0.2, 0.25) is 0 Å². The Morgan fingerprint density at radius 1 is 1.45 bits per heavy atom. The predicted molar refractivity (Wildman–Crippen MR) is 75.9 cm³/mol. The van der Waals surface area contributed by atoms with E-state index in [9.17, 15) is 10.1 Å². The van der Waals surface area contributed by atoms with E-state index in [0.717, 1.165) is 5.56 Å². The van der Waals surface area contributed by atoms with Crippen molar-refractivity contribution in [2.24, 2.45) is 5.92 Å². The summed E-state index contributed by atoms with van der Waals surface area (Å²) < 4.78 is 5.60. The number of benzene rings is 1. The van der Waals surface area contributed by atoms with Crippen LogP contribution in [0.5, 0.6) is 0 Å². The van der Waals surface area contributed by atoms with Crippen LogP contribution in [0.4, 0.5) is 0 Å². The average molecular weight is 272 g/mol. The highest BCUT2D eigenvalue weighted by Gasteiger charge is 2.33. The average Bonchev–Trinajstić information content (AvgIpc) is 2.44. The maximum absolute atomic E-state index is 12.5. The number of nitrogens with zero attached hydrogens (tertiary/aromatic N) is 2. The SMILES string of the molecule is CC1(C)CN(C(=O)C(C#N)Cc2ccccc2)CCO1. The third kappa shape index (κ3) is 3.58. The van der Waals surface area contributed by atoms with Gasteiger partial charge in [0, 0.05) is 13.1 Å². The van der Waals surface area contributed by atoms with Crippen LogP contribution in [0.25, 0.3) is 0 Å². The van der Waals surface area contributed by atoms with Crippen molar-refractivity contribution in [1.82, 2.24) is 4.90 Å². The molecular formula is C16H20N2O2. The number of rotatable bonds is 3. The molecule has 0 bridgehead atoms. The quantitative estimate of drug-likeness (QED) is 0.845. The lowest BCUT2D eigenvalue weighted by molar-refractivity contribution is -0.148. The van der Waals surface area contributed by atoms with E-state index in [4.69, 9.17) is 4.74 Å². The molecule has 2 rings (SSSR count). The van der Waals surface area contributed by atoms with Gasteiger partial charge < -0.3 is 9.64 Å². The number of hydrogen-bond donors (Lipinski definition) is 0. The van der Waals surface area contributed by atoms with Gasteiger partial charge in [0.25, 0.3) is 0 Å². The van der Waals surface area contributed by atoms with Crippen molar-refractivity contribution in [3.05, 3.63) is 35.9 Å². The van der Waals surface area contributed by atoms with E-state index in [1.807, 2.05) is 44.2 Å². The molecule has 106 valence electrons. The molecule has 1 aliphatic rings. The van der Waals surface area contributed by atoms with Crippen LogP contribution in [0.1, 0.15) is 19.4 Å². The molecule has 1 unspecified atom stereocenters. The van der Waals surface area contributed by atoms with Gasteiger partial charge in [-0.05, 0) is 25.8 Å². The molecule has 1 aromatic rings. The summed E-state index contributed by atoms with van der Waals surface area (Å²) in [4.78, 5) is 14.2. The minimum Gasteiger partial charge on any atom is -0.372 e. The zero-order chi connectivity index (χ0) is 14.6. The number of amides is 1. The van der Waals surface area contributed by atoms with Crippen molar-refractivity contribution in [2.45, 2.75) is 25.9 Å². The zero-order valence-corrected chi connectivity index (χ0v) is 12.0. The highest BCUT2D eigenvalue weighted by atomic mass is 16.5. The fourth-order valence-electron chi connectivity index (χ4n) is 2.46. The van der Waals surface area contributed by atoms with Crippen molar-refractivity contribution in [3.63, 3.8) is 0 Å². The minimum atomic E-state index is -0.619. The summed E-state index contributed by atoms with van der Waals surface area (Å²) in [5.74, 6) is -0.709.